The van der Waals surface area contributed by atoms with Gasteiger partial charge in [0.05, 0.1) is 31.3 Å². The Labute approximate surface area is 219 Å². The number of nitrogens with zero attached hydrogens (tertiary/aromatic N) is 3. The number of benzene rings is 1. The monoisotopic (exact) mass is 522 g/mol. The maximum absolute atomic E-state index is 13.8. The van der Waals surface area contributed by atoms with E-state index in [0.29, 0.717) is 11.3 Å². The highest BCUT2D eigenvalue weighted by Crippen LogP contribution is 2.20. The number of fused-ring (bicyclic) bond motifs is 1. The third kappa shape index (κ3) is 6.72. The SMILES string of the molecule is CCOC(=O)CC(NC(=O)Cn1c(C)cnc(NCc2ccc3c(n2)NCCC3)c1=O)c1cccc(F)c1. The van der Waals surface area contributed by atoms with Gasteiger partial charge in [-0.15, -0.1) is 0 Å². The smallest absolute Gasteiger partial charge is 0.308 e. The molecule has 10 nitrogen and oxygen atoms in total. The van der Waals surface area contributed by atoms with Gasteiger partial charge in [0.1, 0.15) is 18.2 Å². The number of aryl methyl sites for hydroxylation is 2. The van der Waals surface area contributed by atoms with Crippen LogP contribution in [0.25, 0.3) is 0 Å². The molecule has 4 rings (SSSR count). The van der Waals surface area contributed by atoms with Crippen LogP contribution in [0.2, 0.25) is 0 Å². The van der Waals surface area contributed by atoms with Gasteiger partial charge in [0.25, 0.3) is 5.56 Å². The molecule has 11 heteroatoms. The number of amides is 1. The quantitative estimate of drug-likeness (QED) is 0.347. The molecular weight excluding hydrogens is 491 g/mol. The average molecular weight is 523 g/mol. The highest BCUT2D eigenvalue weighted by atomic mass is 19.1. The minimum absolute atomic E-state index is 0.0871. The van der Waals surface area contributed by atoms with Crippen molar-refractivity contribution in [1.29, 1.82) is 0 Å². The Bertz CT molecular complexity index is 1380. The number of aromatic nitrogens is 3. The van der Waals surface area contributed by atoms with Crippen molar-refractivity contribution in [2.45, 2.75) is 52.2 Å². The first kappa shape index (κ1) is 26.8. The molecule has 1 aliphatic rings. The minimum Gasteiger partial charge on any atom is -0.466 e. The number of nitrogens with one attached hydrogen (secondary N) is 3. The van der Waals surface area contributed by atoms with E-state index >= 15 is 0 Å². The Kier molecular flexibility index (Phi) is 8.67. The number of halogens is 1. The van der Waals surface area contributed by atoms with Crippen LogP contribution >= 0.6 is 0 Å². The van der Waals surface area contributed by atoms with Gasteiger partial charge in [0.2, 0.25) is 5.91 Å². The van der Waals surface area contributed by atoms with E-state index in [-0.39, 0.29) is 31.9 Å². The van der Waals surface area contributed by atoms with Crippen LogP contribution in [0.1, 0.15) is 48.3 Å². The van der Waals surface area contributed by atoms with Crippen molar-refractivity contribution in [1.82, 2.24) is 19.9 Å². The highest BCUT2D eigenvalue weighted by molar-refractivity contribution is 5.78. The molecule has 1 aliphatic heterocycles. The number of hydrogen-bond donors (Lipinski definition) is 3. The van der Waals surface area contributed by atoms with Gasteiger partial charge in [0.15, 0.2) is 5.82 Å². The fourth-order valence-corrected chi connectivity index (χ4v) is 4.28. The molecule has 3 N–H and O–H groups in total. The number of carbonyl (C=O) groups excluding carboxylic acids is 2. The number of pyridine rings is 1. The molecule has 3 aromatic rings. The van der Waals surface area contributed by atoms with Gasteiger partial charge in [-0.05, 0) is 56.0 Å². The molecule has 38 heavy (non-hydrogen) atoms. The molecule has 0 saturated carbocycles. The Hall–Kier alpha value is -4.28. The zero-order chi connectivity index (χ0) is 27.1. The zero-order valence-electron chi connectivity index (χ0n) is 21.4. The lowest BCUT2D eigenvalue weighted by molar-refractivity contribution is -0.143. The summed E-state index contributed by atoms with van der Waals surface area (Å²) in [6.45, 7) is 4.39. The maximum Gasteiger partial charge on any atom is 0.308 e. The van der Waals surface area contributed by atoms with Gasteiger partial charge < -0.3 is 20.7 Å². The molecule has 0 saturated heterocycles. The molecule has 200 valence electrons. The van der Waals surface area contributed by atoms with Crippen LogP contribution in [-0.4, -0.2) is 39.6 Å². The van der Waals surface area contributed by atoms with Gasteiger partial charge in [-0.1, -0.05) is 18.2 Å². The number of ether oxygens (including phenoxy) is 1. The van der Waals surface area contributed by atoms with E-state index in [1.54, 1.807) is 19.9 Å². The number of anilines is 2. The number of carbonyl (C=O) groups is 2. The standard InChI is InChI=1S/C27H31FN6O4/c1-3-38-24(36)13-22(19-6-4-8-20(28)12-19)33-23(35)16-34-17(2)14-30-26(27(34)37)31-15-21-10-9-18-7-5-11-29-25(18)32-21/h4,6,8-10,12,14,22H,3,5,7,11,13,15-16H2,1-2H3,(H,29,32)(H,30,31)(H,33,35). The summed E-state index contributed by atoms with van der Waals surface area (Å²) in [5.74, 6) is -0.599. The van der Waals surface area contributed by atoms with E-state index in [4.69, 9.17) is 4.74 Å². The second-order valence-electron chi connectivity index (χ2n) is 9.02. The number of rotatable bonds is 10. The van der Waals surface area contributed by atoms with Crippen molar-refractivity contribution in [2.24, 2.45) is 0 Å². The van der Waals surface area contributed by atoms with Crippen molar-refractivity contribution < 1.29 is 18.7 Å². The molecule has 3 heterocycles. The third-order valence-electron chi connectivity index (χ3n) is 6.21. The molecule has 0 fully saturated rings. The fourth-order valence-electron chi connectivity index (χ4n) is 4.28. The predicted molar refractivity (Wildman–Crippen MR) is 140 cm³/mol. The second-order valence-corrected chi connectivity index (χ2v) is 9.02. The Morgan fingerprint density at radius 3 is 2.89 bits per heavy atom. The van der Waals surface area contributed by atoms with E-state index in [1.165, 1.54) is 34.5 Å². The topological polar surface area (TPSA) is 127 Å². The molecule has 0 spiro atoms. The van der Waals surface area contributed by atoms with Crippen LogP contribution in [0.5, 0.6) is 0 Å². The molecule has 1 atom stereocenters. The first-order valence-corrected chi connectivity index (χ1v) is 12.6. The van der Waals surface area contributed by atoms with Crippen LogP contribution in [0.4, 0.5) is 16.0 Å². The van der Waals surface area contributed by atoms with Gasteiger partial charge in [0, 0.05) is 18.4 Å². The van der Waals surface area contributed by atoms with Gasteiger partial charge in [-0.2, -0.15) is 0 Å². The molecule has 0 aliphatic carbocycles. The first-order valence-electron chi connectivity index (χ1n) is 12.6. The average Bonchev–Trinajstić information content (AvgIpc) is 2.90. The molecule has 1 amide bonds. The summed E-state index contributed by atoms with van der Waals surface area (Å²) < 4.78 is 20.1. The van der Waals surface area contributed by atoms with Crippen molar-refractivity contribution >= 4 is 23.5 Å². The lowest BCUT2D eigenvalue weighted by Crippen LogP contribution is -2.37. The van der Waals surface area contributed by atoms with E-state index in [0.717, 1.165) is 30.9 Å². The summed E-state index contributed by atoms with van der Waals surface area (Å²) in [7, 11) is 0. The van der Waals surface area contributed by atoms with Crippen LogP contribution in [0.3, 0.4) is 0 Å². The third-order valence-corrected chi connectivity index (χ3v) is 6.21. The van der Waals surface area contributed by atoms with Crippen LogP contribution in [0.15, 0.2) is 47.4 Å². The second kappa shape index (κ2) is 12.3. The molecule has 1 unspecified atom stereocenters. The predicted octanol–water partition coefficient (Wildman–Crippen LogP) is 2.87. The lowest BCUT2D eigenvalue weighted by atomic mass is 10.0. The summed E-state index contributed by atoms with van der Waals surface area (Å²) in [6.07, 6.45) is 3.37. The van der Waals surface area contributed by atoms with Crippen LogP contribution in [0, 0.1) is 12.7 Å². The van der Waals surface area contributed by atoms with E-state index in [1.807, 2.05) is 12.1 Å². The normalized spacial score (nSPS) is 13.1. The summed E-state index contributed by atoms with van der Waals surface area (Å²) in [4.78, 5) is 47.1. The minimum atomic E-state index is -0.823. The molecular formula is C27H31FN6O4. The van der Waals surface area contributed by atoms with E-state index in [9.17, 15) is 18.8 Å². The Balaban J connectivity index is 1.46. The van der Waals surface area contributed by atoms with E-state index in [2.05, 4.69) is 25.9 Å². The molecule has 0 radical (unpaired) electrons. The number of esters is 1. The summed E-state index contributed by atoms with van der Waals surface area (Å²) in [6, 6.07) is 8.76. The lowest BCUT2D eigenvalue weighted by Gasteiger charge is -2.20. The first-order chi connectivity index (χ1) is 18.3. The van der Waals surface area contributed by atoms with E-state index < -0.39 is 29.3 Å². The Morgan fingerprint density at radius 2 is 2.11 bits per heavy atom. The van der Waals surface area contributed by atoms with Crippen molar-refractivity contribution in [2.75, 3.05) is 23.8 Å². The summed E-state index contributed by atoms with van der Waals surface area (Å²) >= 11 is 0. The summed E-state index contributed by atoms with van der Waals surface area (Å²) in [5, 5.41) is 9.04. The Morgan fingerprint density at radius 1 is 1.26 bits per heavy atom. The summed E-state index contributed by atoms with van der Waals surface area (Å²) in [5.41, 5.74) is 2.35. The molecule has 1 aromatic carbocycles. The van der Waals surface area contributed by atoms with Crippen molar-refractivity contribution in [3.8, 4) is 0 Å². The van der Waals surface area contributed by atoms with Gasteiger partial charge in [-0.3, -0.25) is 19.0 Å². The van der Waals surface area contributed by atoms with Gasteiger partial charge >= 0.3 is 5.97 Å². The largest absolute Gasteiger partial charge is 0.466 e. The van der Waals surface area contributed by atoms with Crippen molar-refractivity contribution in [3.63, 3.8) is 0 Å². The molecule has 2 aromatic heterocycles. The van der Waals surface area contributed by atoms with Crippen molar-refractivity contribution in [3.05, 3.63) is 81.3 Å². The van der Waals surface area contributed by atoms with Gasteiger partial charge in [-0.25, -0.2) is 14.4 Å². The molecule has 0 bridgehead atoms. The fraction of sp³-hybridized carbons (Fsp3) is 0.370. The maximum atomic E-state index is 13.8. The zero-order valence-corrected chi connectivity index (χ0v) is 21.4. The number of hydrogen-bond acceptors (Lipinski definition) is 8. The van der Waals surface area contributed by atoms with Crippen LogP contribution in [-0.2, 0) is 33.8 Å². The van der Waals surface area contributed by atoms with Crippen LogP contribution < -0.4 is 21.5 Å². The highest BCUT2D eigenvalue weighted by Gasteiger charge is 2.21.